The van der Waals surface area contributed by atoms with E-state index in [0.717, 1.165) is 17.7 Å². The SMILES string of the molecule is N[C@H]1C[C@@H]1c1ccccc1NC(=O)c1ccccc1. The van der Waals surface area contributed by atoms with Gasteiger partial charge in [0, 0.05) is 23.2 Å². The van der Waals surface area contributed by atoms with Gasteiger partial charge in [0.2, 0.25) is 0 Å². The Labute approximate surface area is 112 Å². The summed E-state index contributed by atoms with van der Waals surface area (Å²) in [6.07, 6.45) is 0.998. The van der Waals surface area contributed by atoms with Crippen LogP contribution in [-0.2, 0) is 0 Å². The molecule has 19 heavy (non-hydrogen) atoms. The van der Waals surface area contributed by atoms with Crippen LogP contribution in [0.2, 0.25) is 0 Å². The predicted molar refractivity (Wildman–Crippen MR) is 76.2 cm³/mol. The minimum Gasteiger partial charge on any atom is -0.327 e. The van der Waals surface area contributed by atoms with E-state index < -0.39 is 0 Å². The van der Waals surface area contributed by atoms with Gasteiger partial charge >= 0.3 is 0 Å². The van der Waals surface area contributed by atoms with Crippen LogP contribution in [0.25, 0.3) is 0 Å². The molecule has 0 aliphatic heterocycles. The first-order chi connectivity index (χ1) is 9.25. The van der Waals surface area contributed by atoms with Gasteiger partial charge < -0.3 is 11.1 Å². The largest absolute Gasteiger partial charge is 0.327 e. The normalized spacial score (nSPS) is 20.9. The second-order valence-corrected chi connectivity index (χ2v) is 4.91. The molecular formula is C16H16N2O. The molecule has 2 aromatic rings. The summed E-state index contributed by atoms with van der Waals surface area (Å²) in [4.78, 5) is 12.1. The first kappa shape index (κ1) is 11.9. The predicted octanol–water partition coefficient (Wildman–Crippen LogP) is 2.75. The minimum absolute atomic E-state index is 0.0812. The van der Waals surface area contributed by atoms with Crippen molar-refractivity contribution in [3.05, 3.63) is 65.7 Å². The molecule has 0 heterocycles. The lowest BCUT2D eigenvalue weighted by Gasteiger charge is -2.10. The van der Waals surface area contributed by atoms with Crippen LogP contribution in [0.3, 0.4) is 0 Å². The molecule has 0 radical (unpaired) electrons. The average molecular weight is 252 g/mol. The van der Waals surface area contributed by atoms with Gasteiger partial charge in [-0.2, -0.15) is 0 Å². The van der Waals surface area contributed by atoms with Crippen LogP contribution in [0.15, 0.2) is 54.6 Å². The maximum Gasteiger partial charge on any atom is 0.255 e. The summed E-state index contributed by atoms with van der Waals surface area (Å²) >= 11 is 0. The molecule has 0 spiro atoms. The van der Waals surface area contributed by atoms with Gasteiger partial charge in [0.1, 0.15) is 0 Å². The van der Waals surface area contributed by atoms with E-state index in [1.165, 1.54) is 0 Å². The number of para-hydroxylation sites is 1. The molecule has 0 unspecified atom stereocenters. The Hall–Kier alpha value is -2.13. The lowest BCUT2D eigenvalue weighted by Crippen LogP contribution is -2.13. The van der Waals surface area contributed by atoms with Crippen LogP contribution in [0.4, 0.5) is 5.69 Å². The molecule has 1 saturated carbocycles. The number of hydrogen-bond donors (Lipinski definition) is 2. The van der Waals surface area contributed by atoms with E-state index in [-0.39, 0.29) is 11.9 Å². The maximum absolute atomic E-state index is 12.1. The van der Waals surface area contributed by atoms with Crippen molar-refractivity contribution in [3.63, 3.8) is 0 Å². The Morgan fingerprint density at radius 3 is 2.37 bits per heavy atom. The number of carbonyl (C=O) groups excluding carboxylic acids is 1. The fourth-order valence-corrected chi connectivity index (χ4v) is 2.29. The van der Waals surface area contributed by atoms with Crippen molar-refractivity contribution in [2.45, 2.75) is 18.4 Å². The minimum atomic E-state index is -0.0812. The van der Waals surface area contributed by atoms with Gasteiger partial charge in [0.15, 0.2) is 0 Å². The third kappa shape index (κ3) is 2.51. The van der Waals surface area contributed by atoms with Crippen LogP contribution in [-0.4, -0.2) is 11.9 Å². The van der Waals surface area contributed by atoms with E-state index in [1.54, 1.807) is 12.1 Å². The number of nitrogens with two attached hydrogens (primary N) is 1. The Morgan fingerprint density at radius 1 is 1.05 bits per heavy atom. The van der Waals surface area contributed by atoms with Crippen molar-refractivity contribution in [1.82, 2.24) is 0 Å². The Balaban J connectivity index is 1.82. The van der Waals surface area contributed by atoms with Gasteiger partial charge in [-0.1, -0.05) is 36.4 Å². The van der Waals surface area contributed by atoms with Crippen LogP contribution < -0.4 is 11.1 Å². The lowest BCUT2D eigenvalue weighted by molar-refractivity contribution is 0.102. The molecule has 1 aliphatic rings. The summed E-state index contributed by atoms with van der Waals surface area (Å²) in [6, 6.07) is 17.3. The summed E-state index contributed by atoms with van der Waals surface area (Å²) in [6.45, 7) is 0. The van der Waals surface area contributed by atoms with E-state index in [1.807, 2.05) is 42.5 Å². The van der Waals surface area contributed by atoms with Crippen LogP contribution >= 0.6 is 0 Å². The first-order valence-corrected chi connectivity index (χ1v) is 6.46. The van der Waals surface area contributed by atoms with Crippen molar-refractivity contribution < 1.29 is 4.79 Å². The molecule has 0 aromatic heterocycles. The molecule has 0 bridgehead atoms. The number of nitrogens with one attached hydrogen (secondary N) is 1. The molecule has 3 N–H and O–H groups in total. The van der Waals surface area contributed by atoms with Crippen molar-refractivity contribution in [3.8, 4) is 0 Å². The molecule has 1 amide bonds. The summed E-state index contributed by atoms with van der Waals surface area (Å²) in [5, 5.41) is 2.97. The van der Waals surface area contributed by atoms with Gasteiger partial charge in [0.25, 0.3) is 5.91 Å². The summed E-state index contributed by atoms with van der Waals surface area (Å²) < 4.78 is 0. The first-order valence-electron chi connectivity index (χ1n) is 6.46. The number of amides is 1. The van der Waals surface area contributed by atoms with E-state index in [2.05, 4.69) is 5.32 Å². The molecule has 2 atom stereocenters. The van der Waals surface area contributed by atoms with E-state index >= 15 is 0 Å². The van der Waals surface area contributed by atoms with E-state index in [0.29, 0.717) is 11.5 Å². The topological polar surface area (TPSA) is 55.1 Å². The van der Waals surface area contributed by atoms with Crippen LogP contribution in [0, 0.1) is 0 Å². The zero-order chi connectivity index (χ0) is 13.2. The zero-order valence-corrected chi connectivity index (χ0v) is 10.5. The molecule has 1 aliphatic carbocycles. The molecule has 96 valence electrons. The molecular weight excluding hydrogens is 236 g/mol. The third-order valence-corrected chi connectivity index (χ3v) is 3.48. The van der Waals surface area contributed by atoms with Crippen LogP contribution in [0.1, 0.15) is 28.3 Å². The Bertz CT molecular complexity index is 595. The highest BCUT2D eigenvalue weighted by molar-refractivity contribution is 6.04. The quantitative estimate of drug-likeness (QED) is 0.882. The molecule has 3 heteroatoms. The van der Waals surface area contributed by atoms with Crippen molar-refractivity contribution in [2.75, 3.05) is 5.32 Å². The standard InChI is InChI=1S/C16H16N2O/c17-14-10-13(14)12-8-4-5-9-15(12)18-16(19)11-6-2-1-3-7-11/h1-9,13-14H,10,17H2,(H,18,19)/t13-,14+/m1/s1. The molecule has 0 saturated heterocycles. The second kappa shape index (κ2) is 4.86. The molecule has 3 nitrogen and oxygen atoms in total. The van der Waals surface area contributed by atoms with Gasteiger partial charge in [-0.25, -0.2) is 0 Å². The average Bonchev–Trinajstić information content (AvgIpc) is 3.17. The number of hydrogen-bond acceptors (Lipinski definition) is 2. The lowest BCUT2D eigenvalue weighted by atomic mass is 10.1. The van der Waals surface area contributed by atoms with Gasteiger partial charge in [-0.15, -0.1) is 0 Å². The number of rotatable bonds is 3. The summed E-state index contributed by atoms with van der Waals surface area (Å²) in [5.74, 6) is 0.301. The van der Waals surface area contributed by atoms with Gasteiger partial charge in [0.05, 0.1) is 0 Å². The number of carbonyl (C=O) groups is 1. The number of anilines is 1. The summed E-state index contributed by atoms with van der Waals surface area (Å²) in [7, 11) is 0. The highest BCUT2D eigenvalue weighted by atomic mass is 16.1. The maximum atomic E-state index is 12.1. The molecule has 2 aromatic carbocycles. The van der Waals surface area contributed by atoms with E-state index in [9.17, 15) is 4.79 Å². The van der Waals surface area contributed by atoms with Crippen molar-refractivity contribution in [1.29, 1.82) is 0 Å². The highest BCUT2D eigenvalue weighted by Gasteiger charge is 2.36. The Kier molecular flexibility index (Phi) is 3.05. The van der Waals surface area contributed by atoms with Crippen LogP contribution in [0.5, 0.6) is 0 Å². The summed E-state index contributed by atoms with van der Waals surface area (Å²) in [5.41, 5.74) is 8.57. The smallest absolute Gasteiger partial charge is 0.255 e. The fraction of sp³-hybridized carbons (Fsp3) is 0.188. The monoisotopic (exact) mass is 252 g/mol. The Morgan fingerprint density at radius 2 is 1.68 bits per heavy atom. The fourth-order valence-electron chi connectivity index (χ4n) is 2.29. The second-order valence-electron chi connectivity index (χ2n) is 4.91. The van der Waals surface area contributed by atoms with E-state index in [4.69, 9.17) is 5.73 Å². The third-order valence-electron chi connectivity index (χ3n) is 3.48. The van der Waals surface area contributed by atoms with Crippen molar-refractivity contribution in [2.24, 2.45) is 5.73 Å². The molecule has 3 rings (SSSR count). The highest BCUT2D eigenvalue weighted by Crippen LogP contribution is 2.42. The van der Waals surface area contributed by atoms with Crippen molar-refractivity contribution >= 4 is 11.6 Å². The number of benzene rings is 2. The van der Waals surface area contributed by atoms with Gasteiger partial charge in [-0.3, -0.25) is 4.79 Å². The zero-order valence-electron chi connectivity index (χ0n) is 10.5. The molecule has 1 fully saturated rings. The van der Waals surface area contributed by atoms with Gasteiger partial charge in [-0.05, 0) is 30.2 Å².